The van der Waals surface area contributed by atoms with E-state index >= 15 is 0 Å². The lowest BCUT2D eigenvalue weighted by Gasteiger charge is -2.64. The molecule has 4 aliphatic rings. The van der Waals surface area contributed by atoms with Crippen LogP contribution in [0, 0.1) is 39.2 Å². The molecule has 12 heteroatoms. The van der Waals surface area contributed by atoms with Crippen LogP contribution in [0.1, 0.15) is 73.1 Å². The molecular formula is C27H44BN5O6. The predicted molar refractivity (Wildman–Crippen MR) is 150 cm³/mol. The molecule has 6 atom stereocenters. The number of carbonyl (C=O) groups is 2. The van der Waals surface area contributed by atoms with Crippen LogP contribution in [0.2, 0.25) is 0 Å². The van der Waals surface area contributed by atoms with Gasteiger partial charge in [-0.3, -0.25) is 9.59 Å². The van der Waals surface area contributed by atoms with Crippen molar-refractivity contribution in [1.82, 2.24) is 10.7 Å². The number of guanidine groups is 1. The van der Waals surface area contributed by atoms with E-state index in [0.29, 0.717) is 31.1 Å². The molecule has 11 nitrogen and oxygen atoms in total. The number of nitrogens with zero attached hydrogens (tertiary/aromatic N) is 2. The number of hydrogen-bond donors (Lipinski definition) is 3. The van der Waals surface area contributed by atoms with Gasteiger partial charge in [-0.1, -0.05) is 51.9 Å². The van der Waals surface area contributed by atoms with Crippen LogP contribution in [-0.2, 0) is 18.9 Å². The molecule has 1 heterocycles. The van der Waals surface area contributed by atoms with Gasteiger partial charge in [0.2, 0.25) is 5.91 Å². The van der Waals surface area contributed by atoms with Crippen molar-refractivity contribution in [3.05, 3.63) is 34.9 Å². The molecule has 39 heavy (non-hydrogen) atoms. The zero-order chi connectivity index (χ0) is 29.0. The summed E-state index contributed by atoms with van der Waals surface area (Å²) in [4.78, 5) is 40.5. The molecule has 1 aliphatic heterocycles. The number of nitrogens with two attached hydrogens (primary N) is 1. The number of rotatable bonds is 14. The normalized spacial score (nSPS) is 28.9. The fourth-order valence-electron chi connectivity index (χ4n) is 6.60. The summed E-state index contributed by atoms with van der Waals surface area (Å²) < 4.78 is 13.1. The number of carbonyl (C=O) groups excluding carboxylic acids is 2. The van der Waals surface area contributed by atoms with Crippen molar-refractivity contribution in [1.29, 1.82) is 0 Å². The highest BCUT2D eigenvalue weighted by molar-refractivity contribution is 6.47. The van der Waals surface area contributed by atoms with Gasteiger partial charge in [-0.15, -0.1) is 0 Å². The molecule has 3 aliphatic carbocycles. The summed E-state index contributed by atoms with van der Waals surface area (Å²) in [6.07, 6.45) is 8.01. The average Bonchev–Trinajstić information content (AvgIpc) is 3.20. The SMILES string of the molecule is C=C/C=C/C(=O)C[C@@H](CCCN=C(N)N[N+](=O)[O-])C(=O)N[C@@H](CC(C)C)B1O[C@@H]2C[C@H]3C[C@H](C3(C)C)[C@]2(C)O1. The quantitative estimate of drug-likeness (QED) is 0.0439. The molecule has 0 radical (unpaired) electrons. The minimum atomic E-state index is -0.789. The number of aliphatic imine (C=N–C) groups is 1. The molecule has 4 N–H and O–H groups in total. The molecule has 216 valence electrons. The highest BCUT2D eigenvalue weighted by atomic mass is 16.7. The Bertz CT molecular complexity index is 1000. The van der Waals surface area contributed by atoms with Gasteiger partial charge in [0, 0.05) is 18.9 Å². The molecular weight excluding hydrogens is 501 g/mol. The maximum Gasteiger partial charge on any atom is 0.481 e. The first-order valence-corrected chi connectivity index (χ1v) is 13.9. The van der Waals surface area contributed by atoms with Gasteiger partial charge in [-0.2, -0.15) is 0 Å². The Morgan fingerprint density at radius 2 is 2.03 bits per heavy atom. The molecule has 3 saturated carbocycles. The third-order valence-electron chi connectivity index (χ3n) is 8.79. The summed E-state index contributed by atoms with van der Waals surface area (Å²) in [5.41, 5.74) is 7.09. The molecule has 0 unspecified atom stereocenters. The fraction of sp³-hybridized carbons (Fsp3) is 0.741. The van der Waals surface area contributed by atoms with Crippen LogP contribution in [0.25, 0.3) is 0 Å². The van der Waals surface area contributed by atoms with Gasteiger partial charge in [0.15, 0.2) is 10.8 Å². The Labute approximate surface area is 231 Å². The van der Waals surface area contributed by atoms with Crippen molar-refractivity contribution >= 4 is 24.8 Å². The fourth-order valence-corrected chi connectivity index (χ4v) is 6.60. The summed E-state index contributed by atoms with van der Waals surface area (Å²) in [6, 6.07) is 0. The second-order valence-electron chi connectivity index (χ2n) is 12.3. The van der Waals surface area contributed by atoms with E-state index in [1.165, 1.54) is 12.2 Å². The first kappa shape index (κ1) is 30.8. The van der Waals surface area contributed by atoms with Crippen molar-refractivity contribution < 1.29 is 23.9 Å². The van der Waals surface area contributed by atoms with E-state index in [4.69, 9.17) is 15.0 Å². The maximum atomic E-state index is 13.6. The molecule has 0 aromatic rings. The first-order valence-electron chi connectivity index (χ1n) is 13.9. The van der Waals surface area contributed by atoms with Crippen LogP contribution in [-0.4, -0.2) is 54.0 Å². The Morgan fingerprint density at radius 3 is 2.64 bits per heavy atom. The molecule has 1 amide bonds. The van der Waals surface area contributed by atoms with Crippen LogP contribution in [0.3, 0.4) is 0 Å². The summed E-state index contributed by atoms with van der Waals surface area (Å²) in [5, 5.41) is 12.9. The topological polar surface area (TPSA) is 158 Å². The standard InChI is InChI=1S/C27H44BN5O6/c1-7-8-11-20(34)14-18(10-9-12-30-25(29)32-33(36)37)24(35)31-23(13-17(2)3)28-38-22-16-19-15-21(26(19,4)5)27(22,6)39-28/h7-8,11,17-19,21-23H,1,9-10,12-16H2,2-6H3,(H,31,35)(H3,29,30,32)/b11-8+/t18-,19-,21-,22-,23+,27+/m1/s1. The summed E-state index contributed by atoms with van der Waals surface area (Å²) in [6.45, 7) is 14.7. The summed E-state index contributed by atoms with van der Waals surface area (Å²) in [7, 11) is -0.559. The van der Waals surface area contributed by atoms with Gasteiger partial charge >= 0.3 is 7.12 Å². The van der Waals surface area contributed by atoms with E-state index in [1.54, 1.807) is 11.5 Å². The van der Waals surface area contributed by atoms with E-state index in [9.17, 15) is 19.7 Å². The number of allylic oxidation sites excluding steroid dienone is 3. The number of nitrogens with one attached hydrogen (secondary N) is 2. The molecule has 0 spiro atoms. The number of hydrogen-bond acceptors (Lipinski definition) is 7. The molecule has 2 bridgehead atoms. The summed E-state index contributed by atoms with van der Waals surface area (Å²) in [5.74, 6) is -0.418. The number of amides is 1. The second-order valence-corrected chi connectivity index (χ2v) is 12.3. The molecule has 4 fully saturated rings. The van der Waals surface area contributed by atoms with E-state index in [0.717, 1.165) is 12.8 Å². The second kappa shape index (κ2) is 12.6. The first-order chi connectivity index (χ1) is 18.3. The summed E-state index contributed by atoms with van der Waals surface area (Å²) >= 11 is 0. The lowest BCUT2D eigenvalue weighted by Crippen LogP contribution is -2.65. The molecule has 0 aromatic heterocycles. The van der Waals surface area contributed by atoms with Gasteiger partial charge in [-0.05, 0) is 68.3 Å². The minimum Gasteiger partial charge on any atom is -0.404 e. The van der Waals surface area contributed by atoms with Gasteiger partial charge in [0.25, 0.3) is 5.96 Å². The Kier molecular flexibility index (Phi) is 9.98. The Balaban J connectivity index is 1.70. The van der Waals surface area contributed by atoms with Crippen LogP contribution in [0.5, 0.6) is 0 Å². The Morgan fingerprint density at radius 1 is 1.31 bits per heavy atom. The van der Waals surface area contributed by atoms with Gasteiger partial charge < -0.3 is 20.4 Å². The van der Waals surface area contributed by atoms with E-state index < -0.39 is 18.1 Å². The maximum absolute atomic E-state index is 13.6. The zero-order valence-corrected chi connectivity index (χ0v) is 23.9. The predicted octanol–water partition coefficient (Wildman–Crippen LogP) is 2.98. The third-order valence-corrected chi connectivity index (χ3v) is 8.79. The number of nitro groups is 1. The van der Waals surface area contributed by atoms with E-state index in [-0.39, 0.29) is 59.6 Å². The Hall–Kier alpha value is -2.73. The van der Waals surface area contributed by atoms with Gasteiger partial charge in [0.05, 0.1) is 17.6 Å². The van der Waals surface area contributed by atoms with Crippen molar-refractivity contribution in [2.75, 3.05) is 6.54 Å². The largest absolute Gasteiger partial charge is 0.481 e. The van der Waals surface area contributed by atoms with Crippen molar-refractivity contribution in [2.45, 2.75) is 90.8 Å². The zero-order valence-electron chi connectivity index (χ0n) is 23.9. The molecule has 4 rings (SSSR count). The smallest absolute Gasteiger partial charge is 0.404 e. The average molecular weight is 545 g/mol. The molecule has 1 saturated heterocycles. The van der Waals surface area contributed by atoms with E-state index in [2.05, 4.69) is 51.5 Å². The van der Waals surface area contributed by atoms with Crippen molar-refractivity contribution in [3.63, 3.8) is 0 Å². The lowest BCUT2D eigenvalue weighted by molar-refractivity contribution is -0.525. The van der Waals surface area contributed by atoms with Crippen molar-refractivity contribution in [3.8, 4) is 0 Å². The highest BCUT2D eigenvalue weighted by Crippen LogP contribution is 2.65. The van der Waals surface area contributed by atoms with Crippen LogP contribution >= 0.6 is 0 Å². The van der Waals surface area contributed by atoms with Crippen LogP contribution in [0.4, 0.5) is 0 Å². The van der Waals surface area contributed by atoms with Crippen LogP contribution < -0.4 is 16.5 Å². The molecule has 0 aromatic carbocycles. The monoisotopic (exact) mass is 545 g/mol. The highest BCUT2D eigenvalue weighted by Gasteiger charge is 2.68. The van der Waals surface area contributed by atoms with E-state index in [1.807, 2.05) is 0 Å². The van der Waals surface area contributed by atoms with Gasteiger partial charge in [-0.25, -0.2) is 15.1 Å². The number of ketones is 1. The minimum absolute atomic E-state index is 0.00310. The van der Waals surface area contributed by atoms with Crippen LogP contribution in [0.15, 0.2) is 29.8 Å². The number of hydrazine groups is 1. The van der Waals surface area contributed by atoms with Crippen molar-refractivity contribution in [2.24, 2.45) is 39.8 Å². The lowest BCUT2D eigenvalue weighted by atomic mass is 9.43. The third kappa shape index (κ3) is 7.27. The van der Waals surface area contributed by atoms with Gasteiger partial charge in [0.1, 0.15) is 0 Å².